The van der Waals surface area contributed by atoms with Crippen LogP contribution in [0.5, 0.6) is 11.5 Å². The first-order valence-corrected chi connectivity index (χ1v) is 7.16. The van der Waals surface area contributed by atoms with E-state index in [2.05, 4.69) is 0 Å². The van der Waals surface area contributed by atoms with Gasteiger partial charge in [0.15, 0.2) is 5.75 Å². The summed E-state index contributed by atoms with van der Waals surface area (Å²) in [6.45, 7) is 0. The number of phenols is 1. The van der Waals surface area contributed by atoms with Crippen LogP contribution in [0.3, 0.4) is 0 Å². The van der Waals surface area contributed by atoms with E-state index in [0.717, 1.165) is 12.1 Å². The number of nitro benzene ring substituents is 2. The Bertz CT molecular complexity index is 840. The Balaban J connectivity index is 2.60. The zero-order chi connectivity index (χ0) is 18.0. The Kier molecular flexibility index (Phi) is 5.10. The molecule has 10 heteroatoms. The molecule has 24 heavy (non-hydrogen) atoms. The average molecular weight is 373 g/mol. The van der Waals surface area contributed by atoms with E-state index < -0.39 is 21.3 Å². The van der Waals surface area contributed by atoms with Crippen LogP contribution < -0.4 is 4.74 Å². The van der Waals surface area contributed by atoms with Crippen LogP contribution in [-0.4, -0.2) is 22.1 Å². The number of benzene rings is 2. The molecule has 126 valence electrons. The van der Waals surface area contributed by atoms with Gasteiger partial charge in [-0.25, -0.2) is 0 Å². The van der Waals surface area contributed by atoms with Crippen molar-refractivity contribution >= 4 is 34.6 Å². The van der Waals surface area contributed by atoms with Gasteiger partial charge in [-0.1, -0.05) is 23.2 Å². The van der Waals surface area contributed by atoms with Crippen LogP contribution in [0, 0.1) is 20.2 Å². The topological polar surface area (TPSA) is 116 Å². The standard InChI is InChI=1S/C14H10Cl2N2O6/c1-24-14-8(4-10(16)6-12(14)18(22)23)2-7-3-9(15)5-11(13(7)19)17(20)21/h3-6,19H,2H2,1H3. The summed E-state index contributed by atoms with van der Waals surface area (Å²) in [4.78, 5) is 20.6. The first-order valence-electron chi connectivity index (χ1n) is 6.41. The highest BCUT2D eigenvalue weighted by Crippen LogP contribution is 2.39. The molecule has 2 aromatic rings. The molecule has 0 aliphatic heterocycles. The van der Waals surface area contributed by atoms with E-state index in [1.807, 2.05) is 0 Å². The third kappa shape index (κ3) is 3.50. The van der Waals surface area contributed by atoms with Crippen molar-refractivity contribution in [2.45, 2.75) is 6.42 Å². The largest absolute Gasteiger partial charge is 0.502 e. The first-order chi connectivity index (χ1) is 11.2. The Morgan fingerprint density at radius 1 is 1.00 bits per heavy atom. The second-order valence-corrected chi connectivity index (χ2v) is 5.61. The van der Waals surface area contributed by atoms with Crippen molar-refractivity contribution in [3.63, 3.8) is 0 Å². The Morgan fingerprint density at radius 3 is 2.00 bits per heavy atom. The van der Waals surface area contributed by atoms with Gasteiger partial charge in [0.25, 0.3) is 0 Å². The normalized spacial score (nSPS) is 10.5. The number of ether oxygens (including phenoxy) is 1. The molecule has 0 heterocycles. The van der Waals surface area contributed by atoms with Crippen LogP contribution in [0.15, 0.2) is 24.3 Å². The molecular weight excluding hydrogens is 363 g/mol. The number of nitro groups is 2. The summed E-state index contributed by atoms with van der Waals surface area (Å²) >= 11 is 11.7. The number of halogens is 2. The van der Waals surface area contributed by atoms with Crippen molar-refractivity contribution < 1.29 is 19.7 Å². The van der Waals surface area contributed by atoms with Gasteiger partial charge in [-0.2, -0.15) is 0 Å². The van der Waals surface area contributed by atoms with Crippen molar-refractivity contribution in [3.8, 4) is 11.5 Å². The van der Waals surface area contributed by atoms with Crippen molar-refractivity contribution in [2.24, 2.45) is 0 Å². The predicted octanol–water partition coefficient (Wildman–Crippen LogP) is 4.11. The number of methoxy groups -OCH3 is 1. The lowest BCUT2D eigenvalue weighted by Crippen LogP contribution is -2.00. The maximum Gasteiger partial charge on any atom is 0.312 e. The van der Waals surface area contributed by atoms with E-state index >= 15 is 0 Å². The van der Waals surface area contributed by atoms with Crippen molar-refractivity contribution in [2.75, 3.05) is 7.11 Å². The fraction of sp³-hybridized carbons (Fsp3) is 0.143. The van der Waals surface area contributed by atoms with Gasteiger partial charge in [0.1, 0.15) is 0 Å². The van der Waals surface area contributed by atoms with Gasteiger partial charge < -0.3 is 9.84 Å². The molecule has 1 N–H and O–H groups in total. The number of hydrogen-bond acceptors (Lipinski definition) is 6. The summed E-state index contributed by atoms with van der Waals surface area (Å²) in [7, 11) is 1.25. The highest BCUT2D eigenvalue weighted by atomic mass is 35.5. The molecule has 0 atom stereocenters. The van der Waals surface area contributed by atoms with E-state index in [1.165, 1.54) is 19.2 Å². The lowest BCUT2D eigenvalue weighted by atomic mass is 10.0. The van der Waals surface area contributed by atoms with Crippen LogP contribution in [-0.2, 0) is 6.42 Å². The molecule has 0 saturated carbocycles. The molecule has 0 spiro atoms. The number of rotatable bonds is 5. The van der Waals surface area contributed by atoms with Crippen LogP contribution >= 0.6 is 23.2 Å². The van der Waals surface area contributed by atoms with Gasteiger partial charge in [0.2, 0.25) is 5.75 Å². The number of phenolic OH excluding ortho intramolecular Hbond substituents is 1. The molecule has 0 saturated heterocycles. The zero-order valence-corrected chi connectivity index (χ0v) is 13.7. The first kappa shape index (κ1) is 17.8. The Hall–Kier alpha value is -2.58. The second kappa shape index (κ2) is 6.90. The van der Waals surface area contributed by atoms with Crippen LogP contribution in [0.2, 0.25) is 10.0 Å². The molecule has 2 rings (SSSR count). The van der Waals surface area contributed by atoms with Gasteiger partial charge in [-0.15, -0.1) is 0 Å². The zero-order valence-electron chi connectivity index (χ0n) is 12.2. The van der Waals surface area contributed by atoms with Gasteiger partial charge in [0.05, 0.1) is 17.0 Å². The van der Waals surface area contributed by atoms with Crippen molar-refractivity contribution in [1.82, 2.24) is 0 Å². The minimum atomic E-state index is -0.775. The van der Waals surface area contributed by atoms with E-state index in [9.17, 15) is 25.3 Å². The maximum atomic E-state index is 11.1. The summed E-state index contributed by atoms with van der Waals surface area (Å²) in [5, 5.41) is 32.2. The summed E-state index contributed by atoms with van der Waals surface area (Å²) in [5.74, 6) is -0.625. The quantitative estimate of drug-likeness (QED) is 0.623. The third-order valence-electron chi connectivity index (χ3n) is 3.22. The molecule has 0 aromatic heterocycles. The lowest BCUT2D eigenvalue weighted by Gasteiger charge is -2.11. The monoisotopic (exact) mass is 372 g/mol. The second-order valence-electron chi connectivity index (χ2n) is 4.74. The summed E-state index contributed by atoms with van der Waals surface area (Å²) < 4.78 is 5.06. The molecule has 0 unspecified atom stereocenters. The van der Waals surface area contributed by atoms with E-state index in [0.29, 0.717) is 0 Å². The van der Waals surface area contributed by atoms with Crippen molar-refractivity contribution in [3.05, 3.63) is 65.7 Å². The molecule has 0 aliphatic rings. The Labute approximate surface area is 145 Å². The van der Waals surface area contributed by atoms with Crippen LogP contribution in [0.25, 0.3) is 0 Å². The van der Waals surface area contributed by atoms with Crippen LogP contribution in [0.1, 0.15) is 11.1 Å². The van der Waals surface area contributed by atoms with E-state index in [-0.39, 0.29) is 39.0 Å². The SMILES string of the molecule is COc1c(Cc2cc(Cl)cc([N+](=O)[O-])c2O)cc(Cl)cc1[N+](=O)[O-]. The van der Waals surface area contributed by atoms with Crippen LogP contribution in [0.4, 0.5) is 11.4 Å². The van der Waals surface area contributed by atoms with E-state index in [1.54, 1.807) is 0 Å². The smallest absolute Gasteiger partial charge is 0.312 e. The van der Waals surface area contributed by atoms with Gasteiger partial charge >= 0.3 is 11.4 Å². The van der Waals surface area contributed by atoms with Crippen molar-refractivity contribution in [1.29, 1.82) is 0 Å². The molecular formula is C14H10Cl2N2O6. The summed E-state index contributed by atoms with van der Waals surface area (Å²) in [6, 6.07) is 4.89. The fourth-order valence-corrected chi connectivity index (χ4v) is 2.73. The average Bonchev–Trinajstić information content (AvgIpc) is 2.49. The lowest BCUT2D eigenvalue weighted by molar-refractivity contribution is -0.385. The number of hydrogen-bond donors (Lipinski definition) is 1. The molecule has 8 nitrogen and oxygen atoms in total. The third-order valence-corrected chi connectivity index (χ3v) is 3.66. The molecule has 0 radical (unpaired) electrons. The fourth-order valence-electron chi connectivity index (χ4n) is 2.26. The summed E-state index contributed by atoms with van der Waals surface area (Å²) in [6.07, 6.45) is -0.0994. The summed E-state index contributed by atoms with van der Waals surface area (Å²) in [5.41, 5.74) is -0.517. The number of aromatic hydroxyl groups is 1. The van der Waals surface area contributed by atoms with E-state index in [4.69, 9.17) is 27.9 Å². The predicted molar refractivity (Wildman–Crippen MR) is 87.2 cm³/mol. The van der Waals surface area contributed by atoms with Gasteiger partial charge in [0, 0.05) is 39.7 Å². The van der Waals surface area contributed by atoms with Gasteiger partial charge in [-0.3, -0.25) is 20.2 Å². The molecule has 2 aromatic carbocycles. The number of nitrogens with zero attached hydrogens (tertiary/aromatic N) is 2. The Morgan fingerprint density at radius 2 is 1.50 bits per heavy atom. The molecule has 0 fully saturated rings. The maximum absolute atomic E-state index is 11.1. The molecule has 0 bridgehead atoms. The minimum absolute atomic E-state index is 0.0463. The van der Waals surface area contributed by atoms with Gasteiger partial charge in [-0.05, 0) is 12.1 Å². The minimum Gasteiger partial charge on any atom is -0.502 e. The highest BCUT2D eigenvalue weighted by Gasteiger charge is 2.24. The molecule has 0 aliphatic carbocycles. The highest BCUT2D eigenvalue weighted by molar-refractivity contribution is 6.31. The molecule has 0 amide bonds.